The van der Waals surface area contributed by atoms with Gasteiger partial charge in [0.05, 0.1) is 30.8 Å². The molecule has 4 N–H and O–H groups in total. The summed E-state index contributed by atoms with van der Waals surface area (Å²) < 4.78 is 13.3. The third-order valence-corrected chi connectivity index (χ3v) is 8.03. The second-order valence-electron chi connectivity index (χ2n) is 10.9. The van der Waals surface area contributed by atoms with E-state index in [0.29, 0.717) is 17.2 Å². The maximum absolute atomic E-state index is 12.6. The SMILES string of the molecule is COC(=O)c1cnn(-c2cccc(-c3cccc(OC(C)C4CCCCC4)c3)c2)c1C1CC1/C(N)=C/N(C)N. The van der Waals surface area contributed by atoms with Crippen LogP contribution in [0.2, 0.25) is 0 Å². The van der Waals surface area contributed by atoms with Crippen molar-refractivity contribution in [2.24, 2.45) is 23.4 Å². The average molecular weight is 530 g/mol. The van der Waals surface area contributed by atoms with Gasteiger partial charge in [-0.2, -0.15) is 5.10 Å². The highest BCUT2D eigenvalue weighted by Crippen LogP contribution is 2.52. The van der Waals surface area contributed by atoms with E-state index in [1.165, 1.54) is 44.2 Å². The molecule has 8 heteroatoms. The minimum absolute atomic E-state index is 0.0412. The number of hydrogen-bond acceptors (Lipinski definition) is 7. The Morgan fingerprint density at radius 2 is 1.85 bits per heavy atom. The first-order valence-electron chi connectivity index (χ1n) is 13.8. The number of methoxy groups -OCH3 is 1. The van der Waals surface area contributed by atoms with Crippen LogP contribution in [0.4, 0.5) is 0 Å². The molecule has 3 unspecified atom stereocenters. The Kier molecular flexibility index (Phi) is 7.93. The summed E-state index contributed by atoms with van der Waals surface area (Å²) >= 11 is 0. The van der Waals surface area contributed by atoms with E-state index in [4.69, 9.17) is 21.1 Å². The molecule has 0 saturated heterocycles. The monoisotopic (exact) mass is 529 g/mol. The van der Waals surface area contributed by atoms with Gasteiger partial charge in [-0.15, -0.1) is 0 Å². The lowest BCUT2D eigenvalue weighted by molar-refractivity contribution is 0.0599. The van der Waals surface area contributed by atoms with Gasteiger partial charge in [0.25, 0.3) is 0 Å². The van der Waals surface area contributed by atoms with Crippen molar-refractivity contribution in [2.45, 2.75) is 57.5 Å². The minimum Gasteiger partial charge on any atom is -0.490 e. The van der Waals surface area contributed by atoms with Crippen molar-refractivity contribution in [3.05, 3.63) is 77.9 Å². The summed E-state index contributed by atoms with van der Waals surface area (Å²) in [6.45, 7) is 2.19. The van der Waals surface area contributed by atoms with Crippen LogP contribution in [0.1, 0.15) is 67.4 Å². The van der Waals surface area contributed by atoms with Crippen LogP contribution in [-0.2, 0) is 4.74 Å². The molecule has 2 fully saturated rings. The number of nitrogens with zero attached hydrogens (tertiary/aromatic N) is 3. The van der Waals surface area contributed by atoms with Crippen molar-refractivity contribution in [1.82, 2.24) is 14.8 Å². The second-order valence-corrected chi connectivity index (χ2v) is 10.9. The van der Waals surface area contributed by atoms with Gasteiger partial charge in [-0.3, -0.25) is 0 Å². The number of ether oxygens (including phenoxy) is 2. The third kappa shape index (κ3) is 5.96. The Morgan fingerprint density at radius 3 is 2.56 bits per heavy atom. The van der Waals surface area contributed by atoms with Gasteiger partial charge in [0.2, 0.25) is 0 Å². The van der Waals surface area contributed by atoms with Crippen LogP contribution in [0.25, 0.3) is 16.8 Å². The number of allylic oxidation sites excluding steroid dienone is 1. The zero-order chi connectivity index (χ0) is 27.5. The fourth-order valence-electron chi connectivity index (χ4n) is 5.86. The number of esters is 1. The first kappa shape index (κ1) is 26.8. The number of rotatable bonds is 9. The van der Waals surface area contributed by atoms with E-state index >= 15 is 0 Å². The first-order chi connectivity index (χ1) is 18.9. The summed E-state index contributed by atoms with van der Waals surface area (Å²) in [4.78, 5) is 12.6. The Balaban J connectivity index is 1.43. The van der Waals surface area contributed by atoms with Crippen molar-refractivity contribution < 1.29 is 14.3 Å². The van der Waals surface area contributed by atoms with Crippen LogP contribution < -0.4 is 16.3 Å². The normalized spacial score (nSPS) is 20.4. The van der Waals surface area contributed by atoms with Crippen LogP contribution >= 0.6 is 0 Å². The number of carbonyl (C=O) groups excluding carboxylic acids is 1. The fraction of sp³-hybridized carbons (Fsp3) is 0.419. The quantitative estimate of drug-likeness (QED) is 0.218. The summed E-state index contributed by atoms with van der Waals surface area (Å²) in [6, 6.07) is 16.4. The topological polar surface area (TPSA) is 109 Å². The molecule has 0 amide bonds. The number of carbonyl (C=O) groups is 1. The lowest BCUT2D eigenvalue weighted by Gasteiger charge is -2.28. The van der Waals surface area contributed by atoms with Gasteiger partial charge in [-0.1, -0.05) is 43.5 Å². The Morgan fingerprint density at radius 1 is 1.13 bits per heavy atom. The Bertz CT molecular complexity index is 1340. The summed E-state index contributed by atoms with van der Waals surface area (Å²) in [5.41, 5.74) is 11.2. The number of aromatic nitrogens is 2. The minimum atomic E-state index is -0.409. The number of nitrogens with two attached hydrogens (primary N) is 2. The highest BCUT2D eigenvalue weighted by molar-refractivity contribution is 5.91. The molecule has 2 aromatic carbocycles. The molecule has 0 bridgehead atoms. The van der Waals surface area contributed by atoms with Crippen molar-refractivity contribution in [3.8, 4) is 22.6 Å². The molecule has 1 heterocycles. The molecule has 2 aliphatic carbocycles. The standard InChI is InChI=1S/C31H39N5O3/c1-20(21-9-5-4-6-10-21)39-25-14-8-12-23(16-25)22-11-7-13-24(15-22)36-30(28(18-34-36)31(37)38-3)27-17-26(27)29(32)19-35(2)33/h7-8,11-16,18-21,26-27H,4-6,9-10,17,32-33H2,1-3H3/b29-19-. The molecule has 0 spiro atoms. The van der Waals surface area contributed by atoms with Gasteiger partial charge in [0, 0.05) is 30.8 Å². The first-order valence-corrected chi connectivity index (χ1v) is 13.8. The summed E-state index contributed by atoms with van der Waals surface area (Å²) in [5, 5.41) is 6.06. The van der Waals surface area contributed by atoms with Gasteiger partial charge in [0.15, 0.2) is 0 Å². The number of benzene rings is 2. The Hall–Kier alpha value is -3.78. The molecular formula is C31H39N5O3. The van der Waals surface area contributed by atoms with Crippen molar-refractivity contribution >= 4 is 5.97 Å². The Labute approximate surface area is 230 Å². The van der Waals surface area contributed by atoms with Crippen LogP contribution in [-0.4, -0.2) is 41.0 Å². The lowest BCUT2D eigenvalue weighted by atomic mass is 9.86. The largest absolute Gasteiger partial charge is 0.490 e. The summed E-state index contributed by atoms with van der Waals surface area (Å²) in [7, 11) is 3.12. The molecule has 3 aromatic rings. The molecule has 39 heavy (non-hydrogen) atoms. The van der Waals surface area contributed by atoms with E-state index in [9.17, 15) is 4.79 Å². The van der Waals surface area contributed by atoms with Gasteiger partial charge < -0.3 is 20.2 Å². The van der Waals surface area contributed by atoms with E-state index < -0.39 is 5.97 Å². The van der Waals surface area contributed by atoms with Crippen LogP contribution in [0.3, 0.4) is 0 Å². The zero-order valence-electron chi connectivity index (χ0n) is 23.0. The second kappa shape index (κ2) is 11.5. The van der Waals surface area contributed by atoms with E-state index in [1.807, 2.05) is 28.9 Å². The number of hydrazine groups is 1. The van der Waals surface area contributed by atoms with E-state index in [-0.39, 0.29) is 17.9 Å². The molecule has 3 atom stereocenters. The van der Waals surface area contributed by atoms with E-state index in [1.54, 1.807) is 19.4 Å². The van der Waals surface area contributed by atoms with Crippen LogP contribution in [0, 0.1) is 11.8 Å². The average Bonchev–Trinajstić information content (AvgIpc) is 3.63. The van der Waals surface area contributed by atoms with Crippen molar-refractivity contribution in [3.63, 3.8) is 0 Å². The molecule has 1 aromatic heterocycles. The van der Waals surface area contributed by atoms with Crippen LogP contribution in [0.5, 0.6) is 5.75 Å². The highest BCUT2D eigenvalue weighted by Gasteiger charge is 2.45. The van der Waals surface area contributed by atoms with Crippen LogP contribution in [0.15, 0.2) is 66.6 Å². The molecule has 0 aliphatic heterocycles. The summed E-state index contributed by atoms with van der Waals surface area (Å²) in [6.07, 6.45) is 10.7. The van der Waals surface area contributed by atoms with E-state index in [0.717, 1.165) is 34.7 Å². The molecule has 2 aliphatic rings. The third-order valence-electron chi connectivity index (χ3n) is 8.03. The summed E-state index contributed by atoms with van der Waals surface area (Å²) in [5.74, 6) is 6.99. The van der Waals surface area contributed by atoms with Crippen molar-refractivity contribution in [1.29, 1.82) is 0 Å². The fourth-order valence-corrected chi connectivity index (χ4v) is 5.86. The molecule has 5 rings (SSSR count). The van der Waals surface area contributed by atoms with Gasteiger partial charge in [-0.25, -0.2) is 15.3 Å². The molecular weight excluding hydrogens is 490 g/mol. The highest BCUT2D eigenvalue weighted by atomic mass is 16.5. The molecule has 2 saturated carbocycles. The maximum Gasteiger partial charge on any atom is 0.341 e. The molecule has 206 valence electrons. The predicted molar refractivity (Wildman–Crippen MR) is 152 cm³/mol. The maximum atomic E-state index is 12.6. The van der Waals surface area contributed by atoms with Gasteiger partial charge in [-0.05, 0) is 67.5 Å². The predicted octanol–water partition coefficient (Wildman–Crippen LogP) is 5.38. The smallest absolute Gasteiger partial charge is 0.341 e. The molecule has 8 nitrogen and oxygen atoms in total. The number of hydrogen-bond donors (Lipinski definition) is 2. The van der Waals surface area contributed by atoms with Crippen molar-refractivity contribution in [2.75, 3.05) is 14.2 Å². The van der Waals surface area contributed by atoms with Gasteiger partial charge in [0.1, 0.15) is 11.3 Å². The molecule has 0 radical (unpaired) electrons. The lowest BCUT2D eigenvalue weighted by Crippen LogP contribution is -2.25. The van der Waals surface area contributed by atoms with Gasteiger partial charge >= 0.3 is 5.97 Å². The van der Waals surface area contributed by atoms with E-state index in [2.05, 4.69) is 36.3 Å². The zero-order valence-corrected chi connectivity index (χ0v) is 23.0.